The van der Waals surface area contributed by atoms with Crippen molar-refractivity contribution >= 4 is 23.2 Å². The molecule has 0 aliphatic carbocycles. The molecule has 5 heteroatoms. The summed E-state index contributed by atoms with van der Waals surface area (Å²) in [6.07, 6.45) is 0.641. The highest BCUT2D eigenvalue weighted by molar-refractivity contribution is 6.35. The molecule has 0 aliphatic rings. The lowest BCUT2D eigenvalue weighted by Gasteiger charge is -2.15. The molecular weight excluding hydrogens is 281 g/mol. The second-order valence-corrected chi connectivity index (χ2v) is 5.42. The minimum atomic E-state index is -0.159. The number of hydrogen-bond acceptors (Lipinski definition) is 3. The Morgan fingerprint density at radius 1 is 1.16 bits per heavy atom. The van der Waals surface area contributed by atoms with Crippen LogP contribution in [-0.2, 0) is 6.42 Å². The summed E-state index contributed by atoms with van der Waals surface area (Å²) in [6.45, 7) is 3.81. The summed E-state index contributed by atoms with van der Waals surface area (Å²) in [5.41, 5.74) is 9.93. The fourth-order valence-corrected chi connectivity index (χ4v) is 2.47. The minimum Gasteiger partial charge on any atom is -0.324 e. The number of halogens is 2. The van der Waals surface area contributed by atoms with Gasteiger partial charge < -0.3 is 5.73 Å². The van der Waals surface area contributed by atoms with Gasteiger partial charge in [0.1, 0.15) is 0 Å². The predicted octanol–water partition coefficient (Wildman–Crippen LogP) is 3.64. The van der Waals surface area contributed by atoms with Gasteiger partial charge in [-0.2, -0.15) is 10.2 Å². The molecule has 0 radical (unpaired) electrons. The monoisotopic (exact) mass is 295 g/mol. The Hall–Kier alpha value is -1.16. The van der Waals surface area contributed by atoms with Crippen LogP contribution in [0.4, 0.5) is 0 Å². The highest BCUT2D eigenvalue weighted by atomic mass is 35.5. The zero-order valence-corrected chi connectivity index (χ0v) is 12.3. The van der Waals surface area contributed by atoms with E-state index in [1.807, 2.05) is 32.0 Å². The smallest absolute Gasteiger partial charge is 0.0648 e. The van der Waals surface area contributed by atoms with Crippen molar-refractivity contribution in [3.8, 4) is 0 Å². The zero-order valence-electron chi connectivity index (χ0n) is 10.8. The van der Waals surface area contributed by atoms with Gasteiger partial charge in [-0.1, -0.05) is 29.3 Å². The van der Waals surface area contributed by atoms with Crippen LogP contribution >= 0.6 is 23.2 Å². The quantitative estimate of drug-likeness (QED) is 0.940. The maximum Gasteiger partial charge on any atom is 0.0648 e. The fourth-order valence-electron chi connectivity index (χ4n) is 1.98. The minimum absolute atomic E-state index is 0.159. The van der Waals surface area contributed by atoms with Gasteiger partial charge >= 0.3 is 0 Å². The molecule has 2 rings (SSSR count). The molecule has 0 fully saturated rings. The Morgan fingerprint density at radius 2 is 1.89 bits per heavy atom. The van der Waals surface area contributed by atoms with Gasteiger partial charge in [-0.05, 0) is 49.6 Å². The van der Waals surface area contributed by atoms with E-state index in [0.717, 1.165) is 22.5 Å². The van der Waals surface area contributed by atoms with Crippen LogP contribution < -0.4 is 5.73 Å². The molecule has 0 saturated heterocycles. The number of aromatic nitrogens is 2. The third-order valence-electron chi connectivity index (χ3n) is 2.99. The number of benzene rings is 1. The highest BCUT2D eigenvalue weighted by Gasteiger charge is 2.13. The number of hydrogen-bond donors (Lipinski definition) is 1. The number of rotatable bonds is 3. The Balaban J connectivity index is 2.25. The lowest BCUT2D eigenvalue weighted by atomic mass is 9.98. The SMILES string of the molecule is Cc1cc(C(N)Cc2ccc(Cl)cc2Cl)c(C)nn1. The summed E-state index contributed by atoms with van der Waals surface area (Å²) in [5, 5.41) is 9.37. The van der Waals surface area contributed by atoms with E-state index in [4.69, 9.17) is 28.9 Å². The second kappa shape index (κ2) is 5.87. The van der Waals surface area contributed by atoms with E-state index in [0.29, 0.717) is 16.5 Å². The first kappa shape index (κ1) is 14.3. The normalized spacial score (nSPS) is 12.5. The van der Waals surface area contributed by atoms with Crippen LogP contribution in [0, 0.1) is 13.8 Å². The molecular formula is C14H15Cl2N3. The molecule has 3 nitrogen and oxygen atoms in total. The Bertz CT molecular complexity index is 599. The summed E-state index contributed by atoms with van der Waals surface area (Å²) >= 11 is 12.0. The lowest BCUT2D eigenvalue weighted by Crippen LogP contribution is -2.16. The van der Waals surface area contributed by atoms with E-state index < -0.39 is 0 Å². The molecule has 0 aliphatic heterocycles. The van der Waals surface area contributed by atoms with Gasteiger partial charge in [0.25, 0.3) is 0 Å². The molecule has 1 unspecified atom stereocenters. The molecule has 1 atom stereocenters. The van der Waals surface area contributed by atoms with E-state index in [2.05, 4.69) is 10.2 Å². The molecule has 19 heavy (non-hydrogen) atoms. The van der Waals surface area contributed by atoms with Gasteiger partial charge in [0.05, 0.1) is 11.4 Å². The van der Waals surface area contributed by atoms with Crippen LogP contribution in [0.3, 0.4) is 0 Å². The highest BCUT2D eigenvalue weighted by Crippen LogP contribution is 2.26. The number of aryl methyl sites for hydroxylation is 2. The summed E-state index contributed by atoms with van der Waals surface area (Å²) < 4.78 is 0. The molecule has 0 amide bonds. The van der Waals surface area contributed by atoms with Crippen molar-refractivity contribution in [1.29, 1.82) is 0 Å². The summed E-state index contributed by atoms with van der Waals surface area (Å²) in [5.74, 6) is 0. The third-order valence-corrected chi connectivity index (χ3v) is 3.58. The average molecular weight is 296 g/mol. The standard InChI is InChI=1S/C14H15Cl2N3/c1-8-5-12(9(2)19-18-8)14(17)6-10-3-4-11(15)7-13(10)16/h3-5,7,14H,6,17H2,1-2H3. The van der Waals surface area contributed by atoms with E-state index >= 15 is 0 Å². The maximum atomic E-state index is 6.24. The van der Waals surface area contributed by atoms with Gasteiger partial charge in [-0.25, -0.2) is 0 Å². The van der Waals surface area contributed by atoms with E-state index in [9.17, 15) is 0 Å². The Labute approximate surface area is 122 Å². The maximum absolute atomic E-state index is 6.24. The second-order valence-electron chi connectivity index (χ2n) is 4.57. The summed E-state index contributed by atoms with van der Waals surface area (Å²) in [6, 6.07) is 7.26. The lowest BCUT2D eigenvalue weighted by molar-refractivity contribution is 0.700. The van der Waals surface area contributed by atoms with Gasteiger partial charge in [-0.3, -0.25) is 0 Å². The molecule has 2 N–H and O–H groups in total. The fraction of sp³-hybridized carbons (Fsp3) is 0.286. The van der Waals surface area contributed by atoms with Crippen LogP contribution in [0.5, 0.6) is 0 Å². The van der Waals surface area contributed by atoms with Crippen molar-refractivity contribution in [1.82, 2.24) is 10.2 Å². The molecule has 1 aromatic carbocycles. The molecule has 1 heterocycles. The number of nitrogens with zero attached hydrogens (tertiary/aromatic N) is 2. The Morgan fingerprint density at radius 3 is 2.58 bits per heavy atom. The van der Waals surface area contributed by atoms with Crippen molar-refractivity contribution in [2.75, 3.05) is 0 Å². The van der Waals surface area contributed by atoms with Crippen molar-refractivity contribution < 1.29 is 0 Å². The van der Waals surface area contributed by atoms with E-state index in [1.165, 1.54) is 0 Å². The van der Waals surface area contributed by atoms with Crippen LogP contribution in [0.25, 0.3) is 0 Å². The first-order valence-electron chi connectivity index (χ1n) is 5.97. The molecule has 2 aromatic rings. The zero-order chi connectivity index (χ0) is 14.0. The van der Waals surface area contributed by atoms with Crippen LogP contribution in [0.15, 0.2) is 24.3 Å². The van der Waals surface area contributed by atoms with E-state index in [-0.39, 0.29) is 6.04 Å². The van der Waals surface area contributed by atoms with Crippen molar-refractivity contribution in [3.63, 3.8) is 0 Å². The Kier molecular flexibility index (Phi) is 4.40. The van der Waals surface area contributed by atoms with Crippen molar-refractivity contribution in [3.05, 3.63) is 56.8 Å². The van der Waals surface area contributed by atoms with Crippen molar-refractivity contribution in [2.24, 2.45) is 5.73 Å². The van der Waals surface area contributed by atoms with Gasteiger partial charge in [0.15, 0.2) is 0 Å². The van der Waals surface area contributed by atoms with E-state index in [1.54, 1.807) is 6.07 Å². The first-order chi connectivity index (χ1) is 8.97. The third kappa shape index (κ3) is 3.44. The largest absolute Gasteiger partial charge is 0.324 e. The van der Waals surface area contributed by atoms with Gasteiger partial charge in [0.2, 0.25) is 0 Å². The first-order valence-corrected chi connectivity index (χ1v) is 6.73. The summed E-state index contributed by atoms with van der Waals surface area (Å²) in [4.78, 5) is 0. The van der Waals surface area contributed by atoms with Crippen LogP contribution in [-0.4, -0.2) is 10.2 Å². The molecule has 100 valence electrons. The van der Waals surface area contributed by atoms with Crippen LogP contribution in [0.2, 0.25) is 10.0 Å². The molecule has 0 bridgehead atoms. The summed E-state index contributed by atoms with van der Waals surface area (Å²) in [7, 11) is 0. The van der Waals surface area contributed by atoms with Crippen LogP contribution in [0.1, 0.15) is 28.6 Å². The van der Waals surface area contributed by atoms with Crippen molar-refractivity contribution in [2.45, 2.75) is 26.3 Å². The average Bonchev–Trinajstić information content (AvgIpc) is 2.35. The number of nitrogens with two attached hydrogens (primary N) is 1. The predicted molar refractivity (Wildman–Crippen MR) is 78.6 cm³/mol. The van der Waals surface area contributed by atoms with Gasteiger partial charge in [-0.15, -0.1) is 0 Å². The molecule has 0 saturated carbocycles. The molecule has 1 aromatic heterocycles. The topological polar surface area (TPSA) is 51.8 Å². The van der Waals surface area contributed by atoms with Gasteiger partial charge in [0, 0.05) is 16.1 Å². The molecule has 0 spiro atoms.